The van der Waals surface area contributed by atoms with Crippen LogP contribution in [0, 0.1) is 6.92 Å². The first-order valence-electron chi connectivity index (χ1n) is 9.72. The predicted molar refractivity (Wildman–Crippen MR) is 107 cm³/mol. The van der Waals surface area contributed by atoms with Crippen LogP contribution in [-0.4, -0.2) is 49.8 Å². The van der Waals surface area contributed by atoms with Crippen molar-refractivity contribution >= 4 is 17.7 Å². The Morgan fingerprint density at radius 2 is 2.04 bits per heavy atom. The van der Waals surface area contributed by atoms with Crippen molar-refractivity contribution in [3.63, 3.8) is 0 Å². The van der Waals surface area contributed by atoms with Crippen molar-refractivity contribution < 1.29 is 4.79 Å². The van der Waals surface area contributed by atoms with E-state index in [0.29, 0.717) is 23.0 Å². The van der Waals surface area contributed by atoms with Gasteiger partial charge in [0, 0.05) is 24.1 Å². The lowest BCUT2D eigenvalue weighted by Crippen LogP contribution is -2.19. The third-order valence-corrected chi connectivity index (χ3v) is 5.30. The number of aromatic nitrogens is 4. The molecule has 8 nitrogen and oxygen atoms in total. The average Bonchev–Trinajstić information content (AvgIpc) is 3.38. The number of hydrogen-bond donors (Lipinski definition) is 2. The van der Waals surface area contributed by atoms with Crippen LogP contribution in [0.25, 0.3) is 6.08 Å². The van der Waals surface area contributed by atoms with Crippen molar-refractivity contribution in [2.75, 3.05) is 13.1 Å². The molecule has 0 unspecified atom stereocenters. The Labute approximate surface area is 164 Å². The highest BCUT2D eigenvalue weighted by Crippen LogP contribution is 2.31. The maximum absolute atomic E-state index is 12.4. The van der Waals surface area contributed by atoms with E-state index in [1.807, 2.05) is 6.08 Å². The summed E-state index contributed by atoms with van der Waals surface area (Å²) in [6.07, 6.45) is 7.43. The van der Waals surface area contributed by atoms with Crippen molar-refractivity contribution in [2.24, 2.45) is 5.10 Å². The van der Waals surface area contributed by atoms with Crippen molar-refractivity contribution in [1.29, 1.82) is 0 Å². The first kappa shape index (κ1) is 18.5. The Balaban J connectivity index is 1.74. The molecule has 4 rings (SSSR count). The summed E-state index contributed by atoms with van der Waals surface area (Å²) in [4.78, 5) is 22.6. The lowest BCUT2D eigenvalue weighted by atomic mass is 9.95. The number of aromatic amines is 1. The van der Waals surface area contributed by atoms with Gasteiger partial charge in [-0.25, -0.2) is 10.4 Å². The third-order valence-electron chi connectivity index (χ3n) is 5.30. The number of amides is 1. The van der Waals surface area contributed by atoms with E-state index >= 15 is 0 Å². The minimum Gasteiger partial charge on any atom is -0.359 e. The lowest BCUT2D eigenvalue weighted by molar-refractivity contribution is -0.116. The van der Waals surface area contributed by atoms with Crippen LogP contribution in [0.15, 0.2) is 23.1 Å². The van der Waals surface area contributed by atoms with Crippen molar-refractivity contribution in [3.05, 3.63) is 46.3 Å². The molecule has 8 heteroatoms. The van der Waals surface area contributed by atoms with Gasteiger partial charge >= 0.3 is 0 Å². The lowest BCUT2D eigenvalue weighted by Gasteiger charge is -2.17. The fourth-order valence-electron chi connectivity index (χ4n) is 3.99. The molecule has 1 amide bonds. The van der Waals surface area contributed by atoms with Gasteiger partial charge in [0.2, 0.25) is 5.82 Å². The Kier molecular flexibility index (Phi) is 5.04. The number of hydrazone groups is 1. The summed E-state index contributed by atoms with van der Waals surface area (Å²) in [5, 5.41) is 12.0. The van der Waals surface area contributed by atoms with Gasteiger partial charge in [0.1, 0.15) is 5.71 Å². The van der Waals surface area contributed by atoms with Gasteiger partial charge in [0.25, 0.3) is 5.91 Å². The first-order valence-corrected chi connectivity index (χ1v) is 9.72. The number of H-pyrrole nitrogens is 1. The highest BCUT2D eigenvalue weighted by Gasteiger charge is 2.28. The molecule has 0 atom stereocenters. The van der Waals surface area contributed by atoms with Crippen molar-refractivity contribution in [3.8, 4) is 0 Å². The fraction of sp³-hybridized carbons (Fsp3) is 0.450. The Morgan fingerprint density at radius 3 is 2.71 bits per heavy atom. The fourth-order valence-corrected chi connectivity index (χ4v) is 3.99. The number of hydrogen-bond acceptors (Lipinski definition) is 6. The molecule has 0 spiro atoms. The van der Waals surface area contributed by atoms with E-state index in [1.54, 1.807) is 0 Å². The van der Waals surface area contributed by atoms with Crippen LogP contribution in [0.1, 0.15) is 60.9 Å². The molecule has 2 aliphatic heterocycles. The molecule has 28 heavy (non-hydrogen) atoms. The van der Waals surface area contributed by atoms with Gasteiger partial charge in [-0.15, -0.1) is 5.10 Å². The van der Waals surface area contributed by atoms with Crippen LogP contribution in [-0.2, 0) is 11.3 Å². The van der Waals surface area contributed by atoms with Crippen LogP contribution in [0.5, 0.6) is 0 Å². The van der Waals surface area contributed by atoms with Crippen LogP contribution in [0.3, 0.4) is 0 Å². The van der Waals surface area contributed by atoms with Gasteiger partial charge in [-0.2, -0.15) is 10.2 Å². The second-order valence-electron chi connectivity index (χ2n) is 7.62. The molecule has 2 aliphatic rings. The minimum absolute atomic E-state index is 0.259. The van der Waals surface area contributed by atoms with Gasteiger partial charge in [-0.05, 0) is 56.0 Å². The normalized spacial score (nSPS) is 18.9. The molecule has 1 saturated heterocycles. The number of rotatable bonds is 5. The van der Waals surface area contributed by atoms with Gasteiger partial charge < -0.3 is 4.98 Å². The topological polar surface area (TPSA) is 99.2 Å². The van der Waals surface area contributed by atoms with E-state index in [4.69, 9.17) is 0 Å². The van der Waals surface area contributed by atoms with E-state index in [0.717, 1.165) is 31.0 Å². The number of carbonyl (C=O) groups is 1. The summed E-state index contributed by atoms with van der Waals surface area (Å²) in [7, 11) is 0. The Bertz CT molecular complexity index is 937. The van der Waals surface area contributed by atoms with Crippen LogP contribution in [0.2, 0.25) is 0 Å². The number of nitrogens with zero attached hydrogens (tertiary/aromatic N) is 5. The maximum Gasteiger partial charge on any atom is 0.273 e. The summed E-state index contributed by atoms with van der Waals surface area (Å²) in [5.74, 6) is 0.401. The van der Waals surface area contributed by atoms with Gasteiger partial charge in [0.15, 0.2) is 0 Å². The summed E-state index contributed by atoms with van der Waals surface area (Å²) in [5.41, 5.74) is 8.07. The summed E-state index contributed by atoms with van der Waals surface area (Å²) < 4.78 is 0. The molecule has 146 valence electrons. The zero-order valence-electron chi connectivity index (χ0n) is 16.5. The third kappa shape index (κ3) is 3.47. The molecule has 0 saturated carbocycles. The van der Waals surface area contributed by atoms with E-state index < -0.39 is 0 Å². The molecule has 2 aromatic rings. The number of carbonyl (C=O) groups excluding carboxylic acids is 1. The molecule has 0 radical (unpaired) electrons. The zero-order valence-corrected chi connectivity index (χ0v) is 16.5. The smallest absolute Gasteiger partial charge is 0.273 e. The van der Waals surface area contributed by atoms with E-state index in [1.165, 1.54) is 36.4 Å². The molecule has 0 bridgehead atoms. The van der Waals surface area contributed by atoms with Crippen molar-refractivity contribution in [2.45, 2.75) is 46.1 Å². The molecule has 0 aliphatic carbocycles. The zero-order chi connectivity index (χ0) is 19.7. The standard InChI is InChI=1S/C20H25N7O/c1-12(2)17-15(11-27-8-4-5-9-27)13(3)23-16(17)10-14-18(24-26-20(14)28)19-21-6-7-22-25-19/h6-7,10,12,23H,4-5,8-9,11H2,1-3H3,(H,26,28)/b14-10+. The molecular formula is C20H25N7O. The average molecular weight is 379 g/mol. The summed E-state index contributed by atoms with van der Waals surface area (Å²) >= 11 is 0. The van der Waals surface area contributed by atoms with Gasteiger partial charge in [0.05, 0.1) is 11.8 Å². The minimum atomic E-state index is -0.259. The monoisotopic (exact) mass is 379 g/mol. The van der Waals surface area contributed by atoms with Gasteiger partial charge in [-0.3, -0.25) is 9.69 Å². The van der Waals surface area contributed by atoms with E-state index in [2.05, 4.69) is 56.4 Å². The van der Waals surface area contributed by atoms with E-state index in [-0.39, 0.29) is 5.91 Å². The van der Waals surface area contributed by atoms with E-state index in [9.17, 15) is 4.79 Å². The largest absolute Gasteiger partial charge is 0.359 e. The molecule has 2 N–H and O–H groups in total. The molecule has 2 aromatic heterocycles. The second-order valence-corrected chi connectivity index (χ2v) is 7.62. The predicted octanol–water partition coefficient (Wildman–Crippen LogP) is 2.14. The maximum atomic E-state index is 12.4. The van der Waals surface area contributed by atoms with Crippen LogP contribution >= 0.6 is 0 Å². The SMILES string of the molecule is Cc1[nH]c(/C=C2/C(=O)NN=C2c2nccnn2)c(C(C)C)c1CN1CCCC1. The Hall–Kier alpha value is -2.87. The molecular weight excluding hydrogens is 354 g/mol. The highest BCUT2D eigenvalue weighted by atomic mass is 16.2. The summed E-state index contributed by atoms with van der Waals surface area (Å²) in [6.45, 7) is 9.72. The number of likely N-dealkylation sites (tertiary alicyclic amines) is 1. The summed E-state index contributed by atoms with van der Waals surface area (Å²) in [6, 6.07) is 0. The van der Waals surface area contributed by atoms with Crippen molar-refractivity contribution in [1.82, 2.24) is 30.5 Å². The number of aryl methyl sites for hydroxylation is 1. The number of nitrogens with one attached hydrogen (secondary N) is 2. The second kappa shape index (κ2) is 7.63. The molecule has 1 fully saturated rings. The van der Waals surface area contributed by atoms with Crippen LogP contribution < -0.4 is 5.43 Å². The molecule has 0 aromatic carbocycles. The van der Waals surface area contributed by atoms with Gasteiger partial charge in [-0.1, -0.05) is 13.8 Å². The highest BCUT2D eigenvalue weighted by molar-refractivity contribution is 6.32. The molecule has 4 heterocycles. The quantitative estimate of drug-likeness (QED) is 0.776. The first-order chi connectivity index (χ1) is 13.5. The van der Waals surface area contributed by atoms with Crippen LogP contribution in [0.4, 0.5) is 0 Å². The Morgan fingerprint density at radius 1 is 1.25 bits per heavy atom.